The maximum atomic E-state index is 12.3. The predicted octanol–water partition coefficient (Wildman–Crippen LogP) is 2.82. The molecule has 0 bridgehead atoms. The maximum Gasteiger partial charge on any atom is 0.303 e. The zero-order valence-electron chi connectivity index (χ0n) is 13.1. The molecule has 7 heteroatoms. The molecule has 0 atom stereocenters. The van der Waals surface area contributed by atoms with E-state index < -0.39 is 5.97 Å². The number of fused-ring (bicyclic) bond motifs is 1. The molecule has 23 heavy (non-hydrogen) atoms. The smallest absolute Gasteiger partial charge is 0.303 e. The Morgan fingerprint density at radius 2 is 2.04 bits per heavy atom. The molecule has 6 nitrogen and oxygen atoms in total. The topological polar surface area (TPSA) is 83.7 Å². The highest BCUT2D eigenvalue weighted by atomic mass is 32.2. The van der Waals surface area contributed by atoms with Gasteiger partial charge >= 0.3 is 5.97 Å². The number of hydrogen-bond acceptors (Lipinski definition) is 4. The summed E-state index contributed by atoms with van der Waals surface area (Å²) in [5.74, 6) is -0.922. The van der Waals surface area contributed by atoms with Crippen molar-refractivity contribution in [2.75, 3.05) is 12.8 Å². The highest BCUT2D eigenvalue weighted by Crippen LogP contribution is 2.19. The molecule has 0 aliphatic carbocycles. The number of hydrogen-bond donors (Lipinski definition) is 2. The molecule has 1 amide bonds. The number of thioether (sulfide) groups is 1. The third-order valence-electron chi connectivity index (χ3n) is 3.52. The van der Waals surface area contributed by atoms with Gasteiger partial charge in [-0.1, -0.05) is 30.7 Å². The minimum atomic E-state index is -0.755. The number of imidazole rings is 1. The number of unbranched alkanes of at least 4 members (excludes halogenated alkanes) is 3. The van der Waals surface area contributed by atoms with Gasteiger partial charge in [-0.25, -0.2) is 4.98 Å². The monoisotopic (exact) mass is 335 g/mol. The number of nitrogens with zero attached hydrogens (tertiary/aromatic N) is 2. The van der Waals surface area contributed by atoms with Crippen molar-refractivity contribution in [1.29, 1.82) is 0 Å². The molecule has 0 spiro atoms. The Labute approximate surface area is 139 Å². The molecular formula is C16H21N3O3S. The van der Waals surface area contributed by atoms with Gasteiger partial charge in [0.05, 0.1) is 5.52 Å². The second-order valence-electron chi connectivity index (χ2n) is 5.22. The van der Waals surface area contributed by atoms with E-state index in [0.717, 1.165) is 29.9 Å². The number of pyridine rings is 1. The number of aromatic nitrogens is 2. The third kappa shape index (κ3) is 4.72. The number of nitrogens with one attached hydrogen (secondary N) is 1. The first-order valence-electron chi connectivity index (χ1n) is 7.64. The van der Waals surface area contributed by atoms with E-state index in [-0.39, 0.29) is 12.3 Å². The molecule has 2 N–H and O–H groups in total. The molecule has 0 unspecified atom stereocenters. The number of carbonyl (C=O) groups excluding carboxylic acids is 1. The maximum absolute atomic E-state index is 12.3. The van der Waals surface area contributed by atoms with Gasteiger partial charge < -0.3 is 10.4 Å². The zero-order chi connectivity index (χ0) is 16.7. The predicted molar refractivity (Wildman–Crippen MR) is 90.0 cm³/mol. The van der Waals surface area contributed by atoms with Crippen LogP contribution in [0.15, 0.2) is 29.6 Å². The normalized spacial score (nSPS) is 10.8. The first-order valence-corrected chi connectivity index (χ1v) is 8.87. The third-order valence-corrected chi connectivity index (χ3v) is 4.17. The van der Waals surface area contributed by atoms with E-state index in [1.54, 1.807) is 0 Å². The standard InChI is InChI=1S/C16H21N3O3S/c1-23-16-18-14(12-8-5-7-11-19(12)16)15(22)17-10-6-3-2-4-9-13(20)21/h5,7-8,11H,2-4,6,9-10H2,1H3,(H,17,22)(H,20,21). The number of carboxylic acids is 1. The molecule has 0 saturated heterocycles. The number of carboxylic acid groups (broad SMARTS) is 1. The molecule has 0 aromatic carbocycles. The molecular weight excluding hydrogens is 314 g/mol. The Morgan fingerprint density at radius 1 is 1.26 bits per heavy atom. The van der Waals surface area contributed by atoms with Crippen LogP contribution in [0.25, 0.3) is 5.52 Å². The van der Waals surface area contributed by atoms with Gasteiger partial charge in [0, 0.05) is 19.2 Å². The van der Waals surface area contributed by atoms with Crippen molar-refractivity contribution >= 4 is 29.2 Å². The van der Waals surface area contributed by atoms with Crippen molar-refractivity contribution < 1.29 is 14.7 Å². The summed E-state index contributed by atoms with van der Waals surface area (Å²) in [6.45, 7) is 0.576. The van der Waals surface area contributed by atoms with Crippen LogP contribution in [0, 0.1) is 0 Å². The SMILES string of the molecule is CSc1nc(C(=O)NCCCCCCC(=O)O)c2ccccn12. The summed E-state index contributed by atoms with van der Waals surface area (Å²) >= 11 is 1.50. The molecule has 2 heterocycles. The molecule has 0 saturated carbocycles. The minimum absolute atomic E-state index is 0.167. The average molecular weight is 335 g/mol. The lowest BCUT2D eigenvalue weighted by Gasteiger charge is -2.03. The minimum Gasteiger partial charge on any atom is -0.481 e. The molecule has 2 rings (SSSR count). The summed E-state index contributed by atoms with van der Waals surface area (Å²) < 4.78 is 1.91. The van der Waals surface area contributed by atoms with Crippen LogP contribution in [0.1, 0.15) is 42.6 Å². The van der Waals surface area contributed by atoms with Crippen LogP contribution in [0.5, 0.6) is 0 Å². The average Bonchev–Trinajstić information content (AvgIpc) is 2.92. The van der Waals surface area contributed by atoms with E-state index in [4.69, 9.17) is 5.11 Å². The lowest BCUT2D eigenvalue weighted by molar-refractivity contribution is -0.137. The highest BCUT2D eigenvalue weighted by Gasteiger charge is 2.16. The zero-order valence-corrected chi connectivity index (χ0v) is 13.9. The van der Waals surface area contributed by atoms with Gasteiger partial charge in [-0.05, 0) is 31.2 Å². The lowest BCUT2D eigenvalue weighted by atomic mass is 10.1. The van der Waals surface area contributed by atoms with Crippen LogP contribution in [0.3, 0.4) is 0 Å². The van der Waals surface area contributed by atoms with Gasteiger partial charge in [-0.15, -0.1) is 0 Å². The molecule has 2 aromatic heterocycles. The second-order valence-corrected chi connectivity index (χ2v) is 5.99. The van der Waals surface area contributed by atoms with Crippen molar-refractivity contribution in [2.45, 2.75) is 37.3 Å². The summed E-state index contributed by atoms with van der Waals surface area (Å²) in [6.07, 6.45) is 7.34. The van der Waals surface area contributed by atoms with Crippen LogP contribution in [-0.4, -0.2) is 39.2 Å². The van der Waals surface area contributed by atoms with Crippen molar-refractivity contribution in [3.05, 3.63) is 30.1 Å². The Kier molecular flexibility index (Phi) is 6.46. The van der Waals surface area contributed by atoms with Crippen LogP contribution >= 0.6 is 11.8 Å². The van der Waals surface area contributed by atoms with Crippen LogP contribution < -0.4 is 5.32 Å². The van der Waals surface area contributed by atoms with Gasteiger partial charge in [0.2, 0.25) is 0 Å². The first kappa shape index (κ1) is 17.3. The van der Waals surface area contributed by atoms with E-state index in [1.807, 2.05) is 35.1 Å². The van der Waals surface area contributed by atoms with Crippen molar-refractivity contribution in [2.24, 2.45) is 0 Å². The Hall–Kier alpha value is -2.02. The molecule has 0 radical (unpaired) electrons. The number of rotatable bonds is 9. The number of amides is 1. The number of aliphatic carboxylic acids is 1. The second kappa shape index (κ2) is 8.57. The van der Waals surface area contributed by atoms with Crippen molar-refractivity contribution in [3.8, 4) is 0 Å². The van der Waals surface area contributed by atoms with E-state index in [9.17, 15) is 9.59 Å². The van der Waals surface area contributed by atoms with E-state index in [0.29, 0.717) is 18.7 Å². The summed E-state index contributed by atoms with van der Waals surface area (Å²) in [5, 5.41) is 12.2. The summed E-state index contributed by atoms with van der Waals surface area (Å²) in [7, 11) is 0. The highest BCUT2D eigenvalue weighted by molar-refractivity contribution is 7.98. The van der Waals surface area contributed by atoms with Gasteiger partial charge in [0.15, 0.2) is 10.9 Å². The van der Waals surface area contributed by atoms with Crippen LogP contribution in [0.2, 0.25) is 0 Å². The van der Waals surface area contributed by atoms with Crippen LogP contribution in [0.4, 0.5) is 0 Å². The van der Waals surface area contributed by atoms with Gasteiger partial charge in [0.25, 0.3) is 5.91 Å². The Bertz CT molecular complexity index is 684. The Balaban J connectivity index is 1.83. The Morgan fingerprint density at radius 3 is 2.78 bits per heavy atom. The van der Waals surface area contributed by atoms with E-state index in [1.165, 1.54) is 11.8 Å². The summed E-state index contributed by atoms with van der Waals surface area (Å²) in [6, 6.07) is 5.68. The van der Waals surface area contributed by atoms with Gasteiger partial charge in [0.1, 0.15) is 0 Å². The quantitative estimate of drug-likeness (QED) is 0.544. The molecule has 0 aliphatic heterocycles. The van der Waals surface area contributed by atoms with Gasteiger partial charge in [-0.3, -0.25) is 14.0 Å². The summed E-state index contributed by atoms with van der Waals surface area (Å²) in [5.41, 5.74) is 1.25. The van der Waals surface area contributed by atoms with E-state index >= 15 is 0 Å². The first-order chi connectivity index (χ1) is 11.1. The fraction of sp³-hybridized carbons (Fsp3) is 0.438. The molecule has 0 fully saturated rings. The largest absolute Gasteiger partial charge is 0.481 e. The fourth-order valence-electron chi connectivity index (χ4n) is 2.36. The molecule has 124 valence electrons. The van der Waals surface area contributed by atoms with E-state index in [2.05, 4.69) is 10.3 Å². The molecule has 0 aliphatic rings. The fourth-order valence-corrected chi connectivity index (χ4v) is 2.90. The summed E-state index contributed by atoms with van der Waals surface area (Å²) in [4.78, 5) is 27.1. The van der Waals surface area contributed by atoms with Crippen molar-refractivity contribution in [1.82, 2.24) is 14.7 Å². The molecule has 2 aromatic rings. The lowest BCUT2D eigenvalue weighted by Crippen LogP contribution is -2.25. The number of carbonyl (C=O) groups is 2. The van der Waals surface area contributed by atoms with Crippen molar-refractivity contribution in [3.63, 3.8) is 0 Å². The van der Waals surface area contributed by atoms with Crippen LogP contribution in [-0.2, 0) is 4.79 Å². The van der Waals surface area contributed by atoms with Gasteiger partial charge in [-0.2, -0.15) is 0 Å².